The van der Waals surface area contributed by atoms with Gasteiger partial charge in [0, 0.05) is 0 Å². The lowest BCUT2D eigenvalue weighted by Crippen LogP contribution is -2.14. The van der Waals surface area contributed by atoms with Gasteiger partial charge in [0.05, 0.1) is 0 Å². The van der Waals surface area contributed by atoms with Crippen molar-refractivity contribution in [2.45, 2.75) is 12.3 Å². The molecule has 2 nitrogen and oxygen atoms in total. The molecule has 2 aromatic carbocycles. The lowest BCUT2D eigenvalue weighted by molar-refractivity contribution is -0.134. The molecule has 0 aliphatic carbocycles. The summed E-state index contributed by atoms with van der Waals surface area (Å²) in [5.41, 5.74) is 1.84. The van der Waals surface area contributed by atoms with E-state index < -0.39 is 11.3 Å². The van der Waals surface area contributed by atoms with Crippen molar-refractivity contribution in [2.24, 2.45) is 0 Å². The second kappa shape index (κ2) is 5.69. The maximum absolute atomic E-state index is 11.8. The van der Waals surface area contributed by atoms with Crippen LogP contribution >= 0.6 is 11.6 Å². The second-order valence-electron chi connectivity index (χ2n) is 4.01. The van der Waals surface area contributed by atoms with E-state index >= 15 is 0 Å². The van der Waals surface area contributed by atoms with Gasteiger partial charge in [0.1, 0.15) is 5.75 Å². The molecule has 92 valence electrons. The summed E-state index contributed by atoms with van der Waals surface area (Å²) in [6.45, 7) is 1.97. The van der Waals surface area contributed by atoms with Crippen LogP contribution in [-0.4, -0.2) is 5.97 Å². The minimum atomic E-state index is -0.785. The average molecular weight is 261 g/mol. The van der Waals surface area contributed by atoms with Crippen LogP contribution in [0.1, 0.15) is 16.5 Å². The van der Waals surface area contributed by atoms with Gasteiger partial charge in [-0.2, -0.15) is 0 Å². The molecule has 0 heterocycles. The molecule has 1 atom stereocenters. The number of rotatable bonds is 3. The van der Waals surface area contributed by atoms with Gasteiger partial charge in [-0.05, 0) is 24.6 Å². The molecule has 0 aliphatic rings. The summed E-state index contributed by atoms with van der Waals surface area (Å²) in [5.74, 6) is 0.0406. The molecule has 0 saturated heterocycles. The van der Waals surface area contributed by atoms with Gasteiger partial charge < -0.3 is 4.74 Å². The third kappa shape index (κ3) is 3.11. The molecule has 0 aromatic heterocycles. The average Bonchev–Trinajstić information content (AvgIpc) is 2.41. The van der Waals surface area contributed by atoms with Crippen LogP contribution in [0.15, 0.2) is 54.6 Å². The minimum Gasteiger partial charge on any atom is -0.425 e. The molecule has 0 bridgehead atoms. The number of halogens is 1. The van der Waals surface area contributed by atoms with E-state index in [1.807, 2.05) is 37.3 Å². The maximum Gasteiger partial charge on any atom is 0.334 e. The van der Waals surface area contributed by atoms with Crippen LogP contribution in [0, 0.1) is 6.92 Å². The summed E-state index contributed by atoms with van der Waals surface area (Å²) in [6, 6.07) is 16.4. The lowest BCUT2D eigenvalue weighted by atomic mass is 10.1. The van der Waals surface area contributed by atoms with Gasteiger partial charge >= 0.3 is 5.97 Å². The first-order chi connectivity index (χ1) is 8.66. The first-order valence-electron chi connectivity index (χ1n) is 5.64. The molecule has 0 aliphatic heterocycles. The van der Waals surface area contributed by atoms with Crippen molar-refractivity contribution in [1.82, 2.24) is 0 Å². The molecule has 0 N–H and O–H groups in total. The van der Waals surface area contributed by atoms with Gasteiger partial charge in [0.25, 0.3) is 0 Å². The largest absolute Gasteiger partial charge is 0.425 e. The van der Waals surface area contributed by atoms with Crippen LogP contribution in [0.3, 0.4) is 0 Å². The highest BCUT2D eigenvalue weighted by Gasteiger charge is 2.19. The molecular weight excluding hydrogens is 248 g/mol. The van der Waals surface area contributed by atoms with Crippen LogP contribution in [0.25, 0.3) is 0 Å². The number of alkyl halides is 1. The zero-order valence-electron chi connectivity index (χ0n) is 9.97. The normalized spacial score (nSPS) is 11.9. The molecule has 2 aromatic rings. The molecule has 0 radical (unpaired) electrons. The molecule has 0 amide bonds. The third-order valence-corrected chi connectivity index (χ3v) is 2.97. The Morgan fingerprint density at radius 3 is 2.28 bits per heavy atom. The standard InChI is InChI=1S/C15H13ClO2/c1-11-7-9-13(10-8-11)18-15(17)14(16)12-5-3-2-4-6-12/h2-10,14H,1H3. The minimum absolute atomic E-state index is 0.466. The highest BCUT2D eigenvalue weighted by Crippen LogP contribution is 2.23. The highest BCUT2D eigenvalue weighted by molar-refractivity contribution is 6.30. The molecule has 3 heteroatoms. The Bertz CT molecular complexity index is 520. The predicted molar refractivity (Wildman–Crippen MR) is 71.9 cm³/mol. The van der Waals surface area contributed by atoms with Gasteiger partial charge in [-0.1, -0.05) is 48.0 Å². The Morgan fingerprint density at radius 2 is 1.67 bits per heavy atom. The van der Waals surface area contributed by atoms with Crippen molar-refractivity contribution in [3.8, 4) is 5.75 Å². The number of benzene rings is 2. The quantitative estimate of drug-likeness (QED) is 0.476. The molecular formula is C15H13ClO2. The number of ether oxygens (including phenoxy) is 1. The van der Waals surface area contributed by atoms with Gasteiger partial charge in [0.15, 0.2) is 5.38 Å². The maximum atomic E-state index is 11.8. The fourth-order valence-electron chi connectivity index (χ4n) is 1.53. The fourth-order valence-corrected chi connectivity index (χ4v) is 1.72. The fraction of sp³-hybridized carbons (Fsp3) is 0.133. The third-order valence-electron chi connectivity index (χ3n) is 2.54. The zero-order valence-corrected chi connectivity index (χ0v) is 10.7. The molecule has 1 unspecified atom stereocenters. The van der Waals surface area contributed by atoms with E-state index in [9.17, 15) is 4.79 Å². The molecule has 18 heavy (non-hydrogen) atoms. The Balaban J connectivity index is 2.06. The van der Waals surface area contributed by atoms with Crippen molar-refractivity contribution in [1.29, 1.82) is 0 Å². The highest BCUT2D eigenvalue weighted by atomic mass is 35.5. The van der Waals surface area contributed by atoms with E-state index in [0.29, 0.717) is 5.75 Å². The predicted octanol–water partition coefficient (Wildman–Crippen LogP) is 3.88. The first kappa shape index (κ1) is 12.7. The number of aryl methyl sites for hydroxylation is 1. The number of carbonyl (C=O) groups is 1. The van der Waals surface area contributed by atoms with E-state index in [1.54, 1.807) is 24.3 Å². The van der Waals surface area contributed by atoms with Crippen molar-refractivity contribution < 1.29 is 9.53 Å². The van der Waals surface area contributed by atoms with E-state index in [2.05, 4.69) is 0 Å². The first-order valence-corrected chi connectivity index (χ1v) is 6.08. The van der Waals surface area contributed by atoms with Crippen LogP contribution in [0.2, 0.25) is 0 Å². The van der Waals surface area contributed by atoms with Gasteiger partial charge in [0.2, 0.25) is 0 Å². The van der Waals surface area contributed by atoms with Crippen LogP contribution in [0.5, 0.6) is 5.75 Å². The second-order valence-corrected chi connectivity index (χ2v) is 4.44. The number of hydrogen-bond donors (Lipinski definition) is 0. The summed E-state index contributed by atoms with van der Waals surface area (Å²) in [7, 11) is 0. The van der Waals surface area contributed by atoms with Gasteiger partial charge in [-0.3, -0.25) is 0 Å². The topological polar surface area (TPSA) is 26.3 Å². The Labute approximate surface area is 111 Å². The summed E-state index contributed by atoms with van der Waals surface area (Å²) in [6.07, 6.45) is 0. The summed E-state index contributed by atoms with van der Waals surface area (Å²) < 4.78 is 5.21. The SMILES string of the molecule is Cc1ccc(OC(=O)C(Cl)c2ccccc2)cc1. The summed E-state index contributed by atoms with van der Waals surface area (Å²) in [5, 5.41) is -0.785. The number of esters is 1. The van der Waals surface area contributed by atoms with E-state index in [1.165, 1.54) is 0 Å². The van der Waals surface area contributed by atoms with Crippen LogP contribution in [0.4, 0.5) is 0 Å². The summed E-state index contributed by atoms with van der Waals surface area (Å²) in [4.78, 5) is 11.8. The van der Waals surface area contributed by atoms with Crippen LogP contribution < -0.4 is 4.74 Å². The van der Waals surface area contributed by atoms with E-state index in [4.69, 9.17) is 16.3 Å². The molecule has 0 spiro atoms. The van der Waals surface area contributed by atoms with Crippen molar-refractivity contribution in [2.75, 3.05) is 0 Å². The Morgan fingerprint density at radius 1 is 1.06 bits per heavy atom. The van der Waals surface area contributed by atoms with Gasteiger partial charge in [-0.15, -0.1) is 11.6 Å². The van der Waals surface area contributed by atoms with Crippen molar-refractivity contribution in [3.63, 3.8) is 0 Å². The molecule has 0 saturated carbocycles. The number of hydrogen-bond acceptors (Lipinski definition) is 2. The van der Waals surface area contributed by atoms with Crippen molar-refractivity contribution >= 4 is 17.6 Å². The van der Waals surface area contributed by atoms with Crippen LogP contribution in [-0.2, 0) is 4.79 Å². The Kier molecular flexibility index (Phi) is 4.00. The van der Waals surface area contributed by atoms with Gasteiger partial charge in [-0.25, -0.2) is 4.79 Å². The lowest BCUT2D eigenvalue weighted by Gasteiger charge is -2.09. The van der Waals surface area contributed by atoms with E-state index in [0.717, 1.165) is 11.1 Å². The van der Waals surface area contributed by atoms with E-state index in [-0.39, 0.29) is 0 Å². The summed E-state index contributed by atoms with van der Waals surface area (Å²) >= 11 is 6.06. The smallest absolute Gasteiger partial charge is 0.334 e. The van der Waals surface area contributed by atoms with Crippen molar-refractivity contribution in [3.05, 3.63) is 65.7 Å². The number of carbonyl (C=O) groups excluding carboxylic acids is 1. The zero-order chi connectivity index (χ0) is 13.0. The monoisotopic (exact) mass is 260 g/mol. The molecule has 0 fully saturated rings. The Hall–Kier alpha value is -1.80. The molecule has 2 rings (SSSR count).